The highest BCUT2D eigenvalue weighted by Crippen LogP contribution is 2.26. The third-order valence-corrected chi connectivity index (χ3v) is 5.63. The van der Waals surface area contributed by atoms with Crippen LogP contribution in [0.1, 0.15) is 16.9 Å². The number of methoxy groups -OCH3 is 1. The Kier molecular flexibility index (Phi) is 6.31. The van der Waals surface area contributed by atoms with Gasteiger partial charge < -0.3 is 14.9 Å². The van der Waals surface area contributed by atoms with E-state index in [1.165, 1.54) is 4.88 Å². The first-order valence-corrected chi connectivity index (χ1v) is 9.53. The molecule has 0 amide bonds. The summed E-state index contributed by atoms with van der Waals surface area (Å²) in [5, 5.41) is 21.7. The van der Waals surface area contributed by atoms with Gasteiger partial charge in [-0.05, 0) is 36.1 Å². The van der Waals surface area contributed by atoms with E-state index >= 15 is 0 Å². The van der Waals surface area contributed by atoms with Crippen LogP contribution in [0.25, 0.3) is 0 Å². The van der Waals surface area contributed by atoms with Crippen molar-refractivity contribution >= 4 is 11.3 Å². The molecule has 0 unspecified atom stereocenters. The lowest BCUT2D eigenvalue weighted by Gasteiger charge is -2.41. The number of hydrogen-bond acceptors (Lipinski definition) is 6. The zero-order chi connectivity index (χ0) is 17.6. The minimum absolute atomic E-state index is 0.198. The smallest absolute Gasteiger partial charge is 0.120 e. The molecule has 1 aliphatic rings. The number of aliphatic hydroxyl groups is 1. The first-order valence-electron chi connectivity index (χ1n) is 8.65. The second kappa shape index (κ2) is 8.67. The molecule has 3 rings (SSSR count). The summed E-state index contributed by atoms with van der Waals surface area (Å²) < 4.78 is 5.26. The summed E-state index contributed by atoms with van der Waals surface area (Å²) in [6.45, 7) is 4.64. The molecule has 0 spiro atoms. The Morgan fingerprint density at radius 2 is 2.12 bits per heavy atom. The standard InChI is InChI=1S/C19H26N2O3S/c1-24-17-4-5-19(23)15(11-17)12-20-7-8-21(16(13-20)6-9-22)14-18-3-2-10-25-18/h2-5,10-11,16,22-23H,6-9,12-14H2,1H3/t16-/m0/s1. The van der Waals surface area contributed by atoms with Gasteiger partial charge in [-0.1, -0.05) is 6.07 Å². The molecule has 1 atom stereocenters. The summed E-state index contributed by atoms with van der Waals surface area (Å²) >= 11 is 1.78. The van der Waals surface area contributed by atoms with Gasteiger partial charge in [-0.3, -0.25) is 9.80 Å². The maximum absolute atomic E-state index is 10.1. The zero-order valence-electron chi connectivity index (χ0n) is 14.6. The maximum atomic E-state index is 10.1. The van der Waals surface area contributed by atoms with E-state index in [1.54, 1.807) is 30.6 Å². The molecule has 25 heavy (non-hydrogen) atoms. The number of aliphatic hydroxyl groups excluding tert-OH is 1. The molecule has 1 fully saturated rings. The minimum Gasteiger partial charge on any atom is -0.508 e. The number of hydrogen-bond donors (Lipinski definition) is 2. The van der Waals surface area contributed by atoms with Crippen LogP contribution in [0.3, 0.4) is 0 Å². The molecule has 136 valence electrons. The monoisotopic (exact) mass is 362 g/mol. The Morgan fingerprint density at radius 3 is 2.84 bits per heavy atom. The van der Waals surface area contributed by atoms with Crippen molar-refractivity contribution in [1.29, 1.82) is 0 Å². The molecule has 0 aliphatic carbocycles. The van der Waals surface area contributed by atoms with Crippen molar-refractivity contribution in [3.63, 3.8) is 0 Å². The van der Waals surface area contributed by atoms with Crippen LogP contribution >= 0.6 is 11.3 Å². The maximum Gasteiger partial charge on any atom is 0.120 e. The van der Waals surface area contributed by atoms with Crippen molar-refractivity contribution in [2.24, 2.45) is 0 Å². The van der Waals surface area contributed by atoms with E-state index in [0.717, 1.165) is 43.9 Å². The Balaban J connectivity index is 1.65. The van der Waals surface area contributed by atoms with Gasteiger partial charge >= 0.3 is 0 Å². The first kappa shape index (κ1) is 18.2. The van der Waals surface area contributed by atoms with E-state index in [4.69, 9.17) is 4.74 Å². The molecule has 2 aromatic rings. The lowest BCUT2D eigenvalue weighted by molar-refractivity contribution is 0.0503. The lowest BCUT2D eigenvalue weighted by Crippen LogP contribution is -2.52. The van der Waals surface area contributed by atoms with Gasteiger partial charge in [0.25, 0.3) is 0 Å². The fourth-order valence-corrected chi connectivity index (χ4v) is 4.12. The van der Waals surface area contributed by atoms with Crippen molar-refractivity contribution < 1.29 is 14.9 Å². The Hall–Kier alpha value is -1.60. The van der Waals surface area contributed by atoms with Crippen molar-refractivity contribution in [1.82, 2.24) is 9.80 Å². The highest BCUT2D eigenvalue weighted by molar-refractivity contribution is 7.09. The van der Waals surface area contributed by atoms with Gasteiger partial charge in [0.05, 0.1) is 7.11 Å². The molecule has 1 aliphatic heterocycles. The Labute approximate surface area is 153 Å². The molecular weight excluding hydrogens is 336 g/mol. The SMILES string of the molecule is COc1ccc(O)c(CN2CCN(Cc3cccs3)[C@@H](CCO)C2)c1. The van der Waals surface area contributed by atoms with Gasteiger partial charge in [0.2, 0.25) is 0 Å². The van der Waals surface area contributed by atoms with Crippen LogP contribution in [0.5, 0.6) is 11.5 Å². The van der Waals surface area contributed by atoms with Crippen molar-refractivity contribution in [3.05, 3.63) is 46.2 Å². The highest BCUT2D eigenvalue weighted by atomic mass is 32.1. The quantitative estimate of drug-likeness (QED) is 0.793. The summed E-state index contributed by atoms with van der Waals surface area (Å²) in [7, 11) is 1.64. The van der Waals surface area contributed by atoms with Crippen LogP contribution in [-0.4, -0.2) is 59.4 Å². The molecule has 0 radical (unpaired) electrons. The predicted octanol–water partition coefficient (Wildman–Crippen LogP) is 2.53. The van der Waals surface area contributed by atoms with Crippen molar-refractivity contribution in [3.8, 4) is 11.5 Å². The Bertz CT molecular complexity index is 663. The molecule has 0 saturated carbocycles. The van der Waals surface area contributed by atoms with Gasteiger partial charge in [0, 0.05) is 55.8 Å². The Morgan fingerprint density at radius 1 is 1.24 bits per heavy atom. The van der Waals surface area contributed by atoms with Gasteiger partial charge in [-0.25, -0.2) is 0 Å². The molecular formula is C19H26N2O3S. The van der Waals surface area contributed by atoms with Gasteiger partial charge in [-0.2, -0.15) is 0 Å². The number of phenols is 1. The largest absolute Gasteiger partial charge is 0.508 e. The van der Waals surface area contributed by atoms with E-state index in [2.05, 4.69) is 27.3 Å². The molecule has 5 nitrogen and oxygen atoms in total. The third kappa shape index (κ3) is 4.73. The van der Waals surface area contributed by atoms with Gasteiger partial charge in [0.1, 0.15) is 11.5 Å². The second-order valence-electron chi connectivity index (χ2n) is 6.45. The number of ether oxygens (including phenoxy) is 1. The van der Waals surface area contributed by atoms with Crippen LogP contribution in [0.15, 0.2) is 35.7 Å². The van der Waals surface area contributed by atoms with E-state index in [1.807, 2.05) is 6.07 Å². The number of aromatic hydroxyl groups is 1. The second-order valence-corrected chi connectivity index (χ2v) is 7.48. The predicted molar refractivity (Wildman–Crippen MR) is 100 cm³/mol. The number of nitrogens with zero attached hydrogens (tertiary/aromatic N) is 2. The number of piperazine rings is 1. The molecule has 2 N–H and O–H groups in total. The average molecular weight is 362 g/mol. The fourth-order valence-electron chi connectivity index (χ4n) is 3.39. The summed E-state index contributed by atoms with van der Waals surface area (Å²) in [6.07, 6.45) is 0.770. The van der Waals surface area contributed by atoms with Crippen LogP contribution in [-0.2, 0) is 13.1 Å². The molecule has 1 aromatic carbocycles. The lowest BCUT2D eigenvalue weighted by atomic mass is 10.1. The molecule has 1 aromatic heterocycles. The number of thiophene rings is 1. The van der Waals surface area contributed by atoms with E-state index < -0.39 is 0 Å². The number of rotatable bonds is 7. The van der Waals surface area contributed by atoms with Crippen LogP contribution in [0, 0.1) is 0 Å². The van der Waals surface area contributed by atoms with E-state index in [-0.39, 0.29) is 6.61 Å². The molecule has 0 bridgehead atoms. The molecule has 6 heteroatoms. The summed E-state index contributed by atoms with van der Waals surface area (Å²) in [5.74, 6) is 1.07. The fraction of sp³-hybridized carbons (Fsp3) is 0.474. The summed E-state index contributed by atoms with van der Waals surface area (Å²) in [6, 6.07) is 9.94. The molecule has 1 saturated heterocycles. The number of benzene rings is 1. The average Bonchev–Trinajstić information content (AvgIpc) is 3.12. The van der Waals surface area contributed by atoms with Crippen LogP contribution in [0.2, 0.25) is 0 Å². The number of phenolic OH excluding ortho intramolecular Hbond substituents is 1. The van der Waals surface area contributed by atoms with Crippen LogP contribution < -0.4 is 4.74 Å². The molecule has 2 heterocycles. The van der Waals surface area contributed by atoms with E-state index in [0.29, 0.717) is 18.3 Å². The topological polar surface area (TPSA) is 56.2 Å². The van der Waals surface area contributed by atoms with Crippen molar-refractivity contribution in [2.45, 2.75) is 25.6 Å². The zero-order valence-corrected chi connectivity index (χ0v) is 15.4. The van der Waals surface area contributed by atoms with Crippen molar-refractivity contribution in [2.75, 3.05) is 33.4 Å². The summed E-state index contributed by atoms with van der Waals surface area (Å²) in [4.78, 5) is 6.17. The van der Waals surface area contributed by atoms with Gasteiger partial charge in [0.15, 0.2) is 0 Å². The first-order chi connectivity index (χ1) is 12.2. The van der Waals surface area contributed by atoms with Crippen LogP contribution in [0.4, 0.5) is 0 Å². The third-order valence-electron chi connectivity index (χ3n) is 4.77. The normalized spacial score (nSPS) is 19.2. The summed E-state index contributed by atoms with van der Waals surface area (Å²) in [5.41, 5.74) is 0.883. The van der Waals surface area contributed by atoms with Gasteiger partial charge in [-0.15, -0.1) is 11.3 Å². The highest BCUT2D eigenvalue weighted by Gasteiger charge is 2.27. The minimum atomic E-state index is 0.198. The van der Waals surface area contributed by atoms with E-state index in [9.17, 15) is 10.2 Å².